The molecular weight excluding hydrogens is 216 g/mol. The minimum Gasteiger partial charge on any atom is -0.462 e. The highest BCUT2D eigenvalue weighted by molar-refractivity contribution is 5.96. The summed E-state index contributed by atoms with van der Waals surface area (Å²) in [6, 6.07) is 3.82. The second kappa shape index (κ2) is 4.20. The molecule has 4 heteroatoms. The van der Waals surface area contributed by atoms with Gasteiger partial charge in [-0.25, -0.2) is 9.78 Å². The highest BCUT2D eigenvalue weighted by atomic mass is 16.5. The Hall–Kier alpha value is -1.84. The van der Waals surface area contributed by atoms with E-state index in [0.717, 1.165) is 17.1 Å². The molecule has 0 N–H and O–H groups in total. The lowest BCUT2D eigenvalue weighted by Gasteiger charge is -2.05. The van der Waals surface area contributed by atoms with Crippen LogP contribution in [-0.2, 0) is 4.74 Å². The van der Waals surface area contributed by atoms with Crippen LogP contribution in [0.2, 0.25) is 0 Å². The summed E-state index contributed by atoms with van der Waals surface area (Å²) in [4.78, 5) is 16.2. The third-order valence-electron chi connectivity index (χ3n) is 2.71. The van der Waals surface area contributed by atoms with Gasteiger partial charge in [0.2, 0.25) is 0 Å². The summed E-state index contributed by atoms with van der Waals surface area (Å²) in [5.74, 6) is -0.310. The summed E-state index contributed by atoms with van der Waals surface area (Å²) in [7, 11) is 0. The average molecular weight is 232 g/mol. The summed E-state index contributed by atoms with van der Waals surface area (Å²) >= 11 is 0. The summed E-state index contributed by atoms with van der Waals surface area (Å²) in [5.41, 5.74) is 4.18. The van der Waals surface area contributed by atoms with Crippen LogP contribution in [0.4, 0.5) is 0 Å². The molecule has 2 aromatic rings. The molecule has 17 heavy (non-hydrogen) atoms. The first-order valence-corrected chi connectivity index (χ1v) is 5.68. The number of esters is 1. The number of hydrogen-bond donors (Lipinski definition) is 0. The molecule has 0 spiro atoms. The molecule has 0 radical (unpaired) electrons. The SMILES string of the molecule is CCOC(=O)c1cc(C)n2c(C)cc(C)nc12. The Bertz CT molecular complexity index is 585. The molecule has 4 nitrogen and oxygen atoms in total. The van der Waals surface area contributed by atoms with E-state index in [0.29, 0.717) is 17.8 Å². The fraction of sp³-hybridized carbons (Fsp3) is 0.385. The zero-order valence-corrected chi connectivity index (χ0v) is 10.6. The molecule has 0 saturated heterocycles. The summed E-state index contributed by atoms with van der Waals surface area (Å²) in [5, 5.41) is 0. The minimum atomic E-state index is -0.310. The molecule has 0 unspecified atom stereocenters. The molecule has 90 valence electrons. The van der Waals surface area contributed by atoms with Gasteiger partial charge in [0.25, 0.3) is 0 Å². The molecule has 0 aromatic carbocycles. The molecule has 0 saturated carbocycles. The Morgan fingerprint density at radius 1 is 1.29 bits per heavy atom. The summed E-state index contributed by atoms with van der Waals surface area (Å²) in [6.07, 6.45) is 0. The Morgan fingerprint density at radius 3 is 2.59 bits per heavy atom. The standard InChI is InChI=1S/C13H16N2O2/c1-5-17-13(16)11-7-10(4)15-9(3)6-8(2)14-12(11)15/h6-7H,5H2,1-4H3. The van der Waals surface area contributed by atoms with E-state index in [1.807, 2.05) is 37.3 Å². The minimum absolute atomic E-state index is 0.310. The van der Waals surface area contributed by atoms with E-state index in [1.165, 1.54) is 0 Å². The quantitative estimate of drug-likeness (QED) is 0.747. The van der Waals surface area contributed by atoms with Crippen molar-refractivity contribution >= 4 is 11.6 Å². The van der Waals surface area contributed by atoms with Gasteiger partial charge in [-0.1, -0.05) is 0 Å². The van der Waals surface area contributed by atoms with E-state index in [1.54, 1.807) is 6.92 Å². The molecule has 0 aliphatic heterocycles. The summed E-state index contributed by atoms with van der Waals surface area (Å²) < 4.78 is 7.01. The van der Waals surface area contributed by atoms with Gasteiger partial charge in [0.15, 0.2) is 5.65 Å². The van der Waals surface area contributed by atoms with Crippen molar-refractivity contribution < 1.29 is 9.53 Å². The van der Waals surface area contributed by atoms with Crippen LogP contribution in [0.1, 0.15) is 34.4 Å². The Kier molecular flexibility index (Phi) is 2.88. The number of aryl methyl sites for hydroxylation is 3. The number of rotatable bonds is 2. The van der Waals surface area contributed by atoms with E-state index in [2.05, 4.69) is 4.98 Å². The number of fused-ring (bicyclic) bond motifs is 1. The second-order valence-electron chi connectivity index (χ2n) is 4.12. The smallest absolute Gasteiger partial charge is 0.341 e. The predicted octanol–water partition coefficient (Wildman–Crippen LogP) is 2.44. The van der Waals surface area contributed by atoms with Crippen LogP contribution in [0.25, 0.3) is 5.65 Å². The number of carbonyl (C=O) groups is 1. The van der Waals surface area contributed by atoms with Crippen LogP contribution >= 0.6 is 0 Å². The van der Waals surface area contributed by atoms with Crippen molar-refractivity contribution in [2.45, 2.75) is 27.7 Å². The van der Waals surface area contributed by atoms with Crippen molar-refractivity contribution in [2.24, 2.45) is 0 Å². The van der Waals surface area contributed by atoms with Crippen molar-refractivity contribution in [1.82, 2.24) is 9.38 Å². The Balaban J connectivity index is 2.70. The maximum atomic E-state index is 11.8. The molecule has 0 amide bonds. The normalized spacial score (nSPS) is 10.8. The van der Waals surface area contributed by atoms with Crippen LogP contribution in [-0.4, -0.2) is 22.0 Å². The number of nitrogens with zero attached hydrogens (tertiary/aromatic N) is 2. The topological polar surface area (TPSA) is 43.6 Å². The Labute approximate surface area is 100 Å². The van der Waals surface area contributed by atoms with Crippen molar-refractivity contribution in [2.75, 3.05) is 6.61 Å². The van der Waals surface area contributed by atoms with Gasteiger partial charge in [-0.05, 0) is 39.8 Å². The van der Waals surface area contributed by atoms with Gasteiger partial charge in [-0.15, -0.1) is 0 Å². The van der Waals surface area contributed by atoms with E-state index < -0.39 is 0 Å². The van der Waals surface area contributed by atoms with Gasteiger partial charge in [-0.2, -0.15) is 0 Å². The third kappa shape index (κ3) is 1.90. The predicted molar refractivity (Wildman–Crippen MR) is 65.4 cm³/mol. The fourth-order valence-electron chi connectivity index (χ4n) is 2.11. The molecule has 0 aliphatic rings. The van der Waals surface area contributed by atoms with Crippen LogP contribution in [0.5, 0.6) is 0 Å². The van der Waals surface area contributed by atoms with Gasteiger partial charge in [0.05, 0.1) is 6.61 Å². The van der Waals surface area contributed by atoms with E-state index in [9.17, 15) is 4.79 Å². The number of hydrogen-bond acceptors (Lipinski definition) is 3. The lowest BCUT2D eigenvalue weighted by molar-refractivity contribution is 0.0528. The van der Waals surface area contributed by atoms with Gasteiger partial charge in [0, 0.05) is 17.1 Å². The average Bonchev–Trinajstić information content (AvgIpc) is 2.56. The number of ether oxygens (including phenoxy) is 1. The molecule has 0 fully saturated rings. The molecule has 0 bridgehead atoms. The van der Waals surface area contributed by atoms with E-state index in [4.69, 9.17) is 4.74 Å². The second-order valence-corrected chi connectivity index (χ2v) is 4.12. The fourth-order valence-corrected chi connectivity index (χ4v) is 2.11. The van der Waals surface area contributed by atoms with Gasteiger partial charge in [0.1, 0.15) is 5.56 Å². The summed E-state index contributed by atoms with van der Waals surface area (Å²) in [6.45, 7) is 8.06. The van der Waals surface area contributed by atoms with Gasteiger partial charge < -0.3 is 9.14 Å². The number of carbonyl (C=O) groups excluding carboxylic acids is 1. The molecular formula is C13H16N2O2. The maximum Gasteiger partial charge on any atom is 0.341 e. The third-order valence-corrected chi connectivity index (χ3v) is 2.71. The van der Waals surface area contributed by atoms with Crippen molar-refractivity contribution in [3.8, 4) is 0 Å². The first kappa shape index (κ1) is 11.6. The van der Waals surface area contributed by atoms with Crippen LogP contribution in [0, 0.1) is 20.8 Å². The van der Waals surface area contributed by atoms with Gasteiger partial charge >= 0.3 is 5.97 Å². The zero-order chi connectivity index (χ0) is 12.6. The first-order valence-electron chi connectivity index (χ1n) is 5.68. The lowest BCUT2D eigenvalue weighted by Crippen LogP contribution is -2.06. The van der Waals surface area contributed by atoms with E-state index >= 15 is 0 Å². The molecule has 2 rings (SSSR count). The number of aromatic nitrogens is 2. The van der Waals surface area contributed by atoms with Crippen LogP contribution in [0.3, 0.4) is 0 Å². The highest BCUT2D eigenvalue weighted by Gasteiger charge is 2.17. The van der Waals surface area contributed by atoms with Crippen LogP contribution < -0.4 is 0 Å². The van der Waals surface area contributed by atoms with Crippen LogP contribution in [0.15, 0.2) is 12.1 Å². The first-order chi connectivity index (χ1) is 8.04. The monoisotopic (exact) mass is 232 g/mol. The largest absolute Gasteiger partial charge is 0.462 e. The van der Waals surface area contributed by atoms with Crippen molar-refractivity contribution in [3.63, 3.8) is 0 Å². The molecule has 2 heterocycles. The Morgan fingerprint density at radius 2 is 1.94 bits per heavy atom. The van der Waals surface area contributed by atoms with Crippen molar-refractivity contribution in [1.29, 1.82) is 0 Å². The maximum absolute atomic E-state index is 11.8. The lowest BCUT2D eigenvalue weighted by atomic mass is 10.3. The highest BCUT2D eigenvalue weighted by Crippen LogP contribution is 2.18. The zero-order valence-electron chi connectivity index (χ0n) is 10.6. The molecule has 0 aliphatic carbocycles. The van der Waals surface area contributed by atoms with Gasteiger partial charge in [-0.3, -0.25) is 0 Å². The molecule has 0 atom stereocenters. The van der Waals surface area contributed by atoms with E-state index in [-0.39, 0.29) is 5.97 Å². The van der Waals surface area contributed by atoms with Crippen molar-refractivity contribution in [3.05, 3.63) is 34.8 Å². The molecule has 2 aromatic heterocycles.